The molecule has 4 rings (SSSR count). The average Bonchev–Trinajstić information content (AvgIpc) is 3.01. The summed E-state index contributed by atoms with van der Waals surface area (Å²) in [4.78, 5) is 23.5. The second-order valence-corrected chi connectivity index (χ2v) is 10.7. The molecular formula is C35H39FO7. The molecule has 3 aromatic rings. The van der Waals surface area contributed by atoms with E-state index in [1.165, 1.54) is 31.7 Å². The minimum absolute atomic E-state index is 0.165. The SMILES string of the molecule is C=C(C)C(=O)Oc1cc(-c2ccc(-c3ccc(OCCCCCCCC)cc3)c(F)c2)ccc1OCC1COC(=O)OC1. The molecule has 1 fully saturated rings. The molecular weight excluding hydrogens is 551 g/mol. The van der Waals surface area contributed by atoms with Crippen LogP contribution in [-0.2, 0) is 14.3 Å². The highest BCUT2D eigenvalue weighted by Crippen LogP contribution is 2.35. The van der Waals surface area contributed by atoms with Crippen molar-refractivity contribution in [3.63, 3.8) is 0 Å². The zero-order chi connectivity index (χ0) is 30.6. The fourth-order valence-corrected chi connectivity index (χ4v) is 4.57. The monoisotopic (exact) mass is 590 g/mol. The van der Waals surface area contributed by atoms with Crippen LogP contribution < -0.4 is 14.2 Å². The Kier molecular flexibility index (Phi) is 11.6. The van der Waals surface area contributed by atoms with Crippen molar-refractivity contribution < 1.29 is 37.7 Å². The molecule has 1 heterocycles. The maximum Gasteiger partial charge on any atom is 0.508 e. The molecule has 0 bridgehead atoms. The maximum atomic E-state index is 15.3. The van der Waals surface area contributed by atoms with Gasteiger partial charge in [-0.3, -0.25) is 0 Å². The molecule has 0 radical (unpaired) electrons. The van der Waals surface area contributed by atoms with Crippen molar-refractivity contribution in [2.24, 2.45) is 5.92 Å². The van der Waals surface area contributed by atoms with Gasteiger partial charge in [-0.2, -0.15) is 0 Å². The topological polar surface area (TPSA) is 80.3 Å². The number of ether oxygens (including phenoxy) is 5. The van der Waals surface area contributed by atoms with Gasteiger partial charge in [0.2, 0.25) is 0 Å². The van der Waals surface area contributed by atoms with Crippen molar-refractivity contribution in [2.75, 3.05) is 26.4 Å². The Morgan fingerprint density at radius 2 is 1.51 bits per heavy atom. The first-order chi connectivity index (χ1) is 20.8. The van der Waals surface area contributed by atoms with Gasteiger partial charge < -0.3 is 23.7 Å². The van der Waals surface area contributed by atoms with E-state index in [1.807, 2.05) is 30.3 Å². The first-order valence-electron chi connectivity index (χ1n) is 14.8. The molecule has 0 spiro atoms. The van der Waals surface area contributed by atoms with E-state index in [4.69, 9.17) is 23.7 Å². The summed E-state index contributed by atoms with van der Waals surface area (Å²) in [5.41, 5.74) is 2.67. The maximum absolute atomic E-state index is 15.3. The molecule has 0 unspecified atom stereocenters. The van der Waals surface area contributed by atoms with Crippen LogP contribution in [0.15, 0.2) is 72.8 Å². The molecule has 3 aromatic carbocycles. The molecule has 0 aromatic heterocycles. The second-order valence-electron chi connectivity index (χ2n) is 10.7. The number of halogens is 1. The van der Waals surface area contributed by atoms with Gasteiger partial charge in [0.15, 0.2) is 11.5 Å². The summed E-state index contributed by atoms with van der Waals surface area (Å²) >= 11 is 0. The van der Waals surface area contributed by atoms with Gasteiger partial charge >= 0.3 is 12.1 Å². The molecule has 1 aliphatic rings. The molecule has 0 aliphatic carbocycles. The van der Waals surface area contributed by atoms with Crippen molar-refractivity contribution in [1.29, 1.82) is 0 Å². The second kappa shape index (κ2) is 15.8. The minimum atomic E-state index is -0.709. The van der Waals surface area contributed by atoms with Crippen LogP contribution in [0.3, 0.4) is 0 Å². The molecule has 0 atom stereocenters. The zero-order valence-electron chi connectivity index (χ0n) is 24.9. The third-order valence-electron chi connectivity index (χ3n) is 7.08. The summed E-state index contributed by atoms with van der Waals surface area (Å²) in [6.45, 7) is 8.57. The largest absolute Gasteiger partial charge is 0.508 e. The van der Waals surface area contributed by atoms with E-state index in [-0.39, 0.29) is 42.9 Å². The number of unbranched alkanes of at least 4 members (excludes halogenated alkanes) is 5. The van der Waals surface area contributed by atoms with E-state index >= 15 is 4.39 Å². The molecule has 0 N–H and O–H groups in total. The molecule has 228 valence electrons. The van der Waals surface area contributed by atoms with Gasteiger partial charge in [0.1, 0.15) is 24.8 Å². The van der Waals surface area contributed by atoms with E-state index in [0.717, 1.165) is 24.2 Å². The Balaban J connectivity index is 1.43. The van der Waals surface area contributed by atoms with Crippen LogP contribution in [0.4, 0.5) is 9.18 Å². The summed E-state index contributed by atoms with van der Waals surface area (Å²) in [6.07, 6.45) is 6.51. The predicted molar refractivity (Wildman–Crippen MR) is 163 cm³/mol. The van der Waals surface area contributed by atoms with E-state index in [0.29, 0.717) is 29.0 Å². The van der Waals surface area contributed by atoms with Crippen LogP contribution in [0.2, 0.25) is 0 Å². The zero-order valence-corrected chi connectivity index (χ0v) is 24.9. The number of cyclic esters (lactones) is 2. The van der Waals surface area contributed by atoms with Crippen molar-refractivity contribution in [3.8, 4) is 39.5 Å². The number of hydrogen-bond donors (Lipinski definition) is 0. The average molecular weight is 591 g/mol. The quantitative estimate of drug-likeness (QED) is 0.0759. The Labute approximate surface area is 252 Å². The van der Waals surface area contributed by atoms with Crippen LogP contribution in [0.5, 0.6) is 17.2 Å². The lowest BCUT2D eigenvalue weighted by atomic mass is 9.99. The van der Waals surface area contributed by atoms with Crippen LogP contribution in [0.1, 0.15) is 52.4 Å². The molecule has 1 saturated heterocycles. The van der Waals surface area contributed by atoms with Crippen LogP contribution in [-0.4, -0.2) is 38.6 Å². The lowest BCUT2D eigenvalue weighted by Crippen LogP contribution is -2.31. The first kappa shape index (κ1) is 31.6. The molecule has 0 amide bonds. The molecule has 7 nitrogen and oxygen atoms in total. The molecule has 8 heteroatoms. The first-order valence-corrected chi connectivity index (χ1v) is 14.8. The van der Waals surface area contributed by atoms with Gasteiger partial charge in [-0.1, -0.05) is 75.9 Å². The van der Waals surface area contributed by atoms with E-state index in [2.05, 4.69) is 13.5 Å². The highest BCUT2D eigenvalue weighted by molar-refractivity contribution is 5.89. The Morgan fingerprint density at radius 1 is 0.860 bits per heavy atom. The van der Waals surface area contributed by atoms with Crippen molar-refractivity contribution in [1.82, 2.24) is 0 Å². The third-order valence-corrected chi connectivity index (χ3v) is 7.08. The van der Waals surface area contributed by atoms with Gasteiger partial charge in [-0.05, 0) is 60.4 Å². The fourth-order valence-electron chi connectivity index (χ4n) is 4.57. The van der Waals surface area contributed by atoms with E-state index in [9.17, 15) is 9.59 Å². The molecule has 43 heavy (non-hydrogen) atoms. The molecule has 0 saturated carbocycles. The standard InChI is InChI=1S/C35H39FO7/c1-4-5-6-7-8-9-18-39-29-14-10-26(11-15-29)30-16-12-27(19-31(30)36)28-13-17-32(33(20-28)43-34(37)24(2)3)40-21-25-22-41-35(38)42-23-25/h10-17,19-20,25H,2,4-9,18,21-23H2,1,3H3. The lowest BCUT2D eigenvalue weighted by molar-refractivity contribution is -0.130. The van der Waals surface area contributed by atoms with Crippen LogP contribution in [0, 0.1) is 11.7 Å². The predicted octanol–water partition coefficient (Wildman–Crippen LogP) is 8.54. The van der Waals surface area contributed by atoms with E-state index in [1.54, 1.807) is 31.2 Å². The number of rotatable bonds is 15. The van der Waals surface area contributed by atoms with Gasteiger partial charge in [0.05, 0.1) is 19.1 Å². The Bertz CT molecular complexity index is 1390. The highest BCUT2D eigenvalue weighted by atomic mass is 19.1. The van der Waals surface area contributed by atoms with Gasteiger partial charge in [0.25, 0.3) is 0 Å². The summed E-state index contributed by atoms with van der Waals surface area (Å²) in [5, 5.41) is 0. The number of hydrogen-bond acceptors (Lipinski definition) is 7. The normalized spacial score (nSPS) is 13.1. The number of carbonyl (C=O) groups excluding carboxylic acids is 2. The van der Waals surface area contributed by atoms with Crippen molar-refractivity contribution in [2.45, 2.75) is 52.4 Å². The molecule has 1 aliphatic heterocycles. The lowest BCUT2D eigenvalue weighted by Gasteiger charge is -2.22. The number of carbonyl (C=O) groups is 2. The summed E-state index contributed by atoms with van der Waals surface area (Å²) in [5.74, 6) is 0.0744. The summed E-state index contributed by atoms with van der Waals surface area (Å²) < 4.78 is 42.4. The van der Waals surface area contributed by atoms with Gasteiger partial charge in [-0.15, -0.1) is 0 Å². The fraction of sp³-hybridized carbons (Fsp3) is 0.371. The van der Waals surface area contributed by atoms with Gasteiger partial charge in [-0.25, -0.2) is 14.0 Å². The number of benzene rings is 3. The van der Waals surface area contributed by atoms with Crippen LogP contribution >= 0.6 is 0 Å². The number of esters is 1. The summed E-state index contributed by atoms with van der Waals surface area (Å²) in [6, 6.07) is 17.5. The highest BCUT2D eigenvalue weighted by Gasteiger charge is 2.23. The van der Waals surface area contributed by atoms with E-state index < -0.39 is 12.1 Å². The minimum Gasteiger partial charge on any atom is -0.494 e. The Hall–Kier alpha value is -4.33. The smallest absolute Gasteiger partial charge is 0.494 e. The van der Waals surface area contributed by atoms with Gasteiger partial charge in [0, 0.05) is 11.1 Å². The summed E-state index contributed by atoms with van der Waals surface area (Å²) in [7, 11) is 0. The Morgan fingerprint density at radius 3 is 2.21 bits per heavy atom. The third kappa shape index (κ3) is 9.33. The van der Waals surface area contributed by atoms with Crippen LogP contribution in [0.25, 0.3) is 22.3 Å². The van der Waals surface area contributed by atoms with Crippen molar-refractivity contribution >= 4 is 12.1 Å². The van der Waals surface area contributed by atoms with Crippen molar-refractivity contribution in [3.05, 3.63) is 78.6 Å².